The first-order valence-electron chi connectivity index (χ1n) is 7.94. The van der Waals surface area contributed by atoms with Gasteiger partial charge in [-0.2, -0.15) is 0 Å². The first-order valence-corrected chi connectivity index (χ1v) is 8.82. The molecule has 2 amide bonds. The predicted molar refractivity (Wildman–Crippen MR) is 103 cm³/mol. The van der Waals surface area contributed by atoms with Gasteiger partial charge >= 0.3 is 11.7 Å². The predicted octanol–water partition coefficient (Wildman–Crippen LogP) is 4.11. The van der Waals surface area contributed by atoms with Gasteiger partial charge in [0, 0.05) is 17.1 Å². The molecule has 0 spiro atoms. The number of anilines is 2. The molecule has 0 aliphatic heterocycles. The number of ether oxygens (including phenoxy) is 1. The second-order valence-corrected chi connectivity index (χ2v) is 6.41. The fourth-order valence-electron chi connectivity index (χ4n) is 2.43. The van der Waals surface area contributed by atoms with Crippen LogP contribution in [0.4, 0.5) is 22.0 Å². The topological polar surface area (TPSA) is 97.6 Å². The lowest BCUT2D eigenvalue weighted by molar-refractivity contribution is -0.384. The van der Waals surface area contributed by atoms with Crippen LogP contribution in [0.25, 0.3) is 0 Å². The molecule has 2 heterocycles. The molecule has 9 heteroatoms. The van der Waals surface area contributed by atoms with Crippen LogP contribution < -0.4 is 15.0 Å². The van der Waals surface area contributed by atoms with Gasteiger partial charge in [-0.3, -0.25) is 10.1 Å². The Bertz CT molecular complexity index is 929. The Hall–Kier alpha value is -3.46. The van der Waals surface area contributed by atoms with Gasteiger partial charge in [0.15, 0.2) is 0 Å². The largest absolute Gasteiger partial charge is 0.497 e. The molecule has 1 N–H and O–H groups in total. The molecule has 0 saturated carbocycles. The minimum Gasteiger partial charge on any atom is -0.497 e. The third-order valence-electron chi connectivity index (χ3n) is 3.70. The van der Waals surface area contributed by atoms with E-state index in [4.69, 9.17) is 4.74 Å². The zero-order valence-corrected chi connectivity index (χ0v) is 15.2. The maximum atomic E-state index is 12.9. The number of urea groups is 1. The molecule has 138 valence electrons. The van der Waals surface area contributed by atoms with E-state index in [0.29, 0.717) is 18.0 Å². The molecule has 0 saturated heterocycles. The number of nitrogens with zero attached hydrogens (tertiary/aromatic N) is 3. The Morgan fingerprint density at radius 1 is 1.26 bits per heavy atom. The zero-order valence-electron chi connectivity index (χ0n) is 14.4. The third-order valence-corrected chi connectivity index (χ3v) is 4.58. The van der Waals surface area contributed by atoms with Gasteiger partial charge in [-0.1, -0.05) is 6.07 Å². The highest BCUT2D eigenvalue weighted by atomic mass is 32.1. The Labute approximate surface area is 159 Å². The van der Waals surface area contributed by atoms with Crippen molar-refractivity contribution in [3.63, 3.8) is 0 Å². The minimum absolute atomic E-state index is 0.0589. The second-order valence-electron chi connectivity index (χ2n) is 5.37. The number of nitro groups is 1. The molecule has 3 aromatic rings. The van der Waals surface area contributed by atoms with Crippen LogP contribution in [-0.2, 0) is 6.54 Å². The number of amides is 2. The Morgan fingerprint density at radius 2 is 2.04 bits per heavy atom. The van der Waals surface area contributed by atoms with Crippen molar-refractivity contribution in [2.45, 2.75) is 6.54 Å². The van der Waals surface area contributed by atoms with Crippen LogP contribution >= 0.6 is 11.3 Å². The quantitative estimate of drug-likeness (QED) is 0.509. The number of aromatic nitrogens is 1. The molecular formula is C18H16N4O4S. The summed E-state index contributed by atoms with van der Waals surface area (Å²) in [6.07, 6.45) is 1.41. The standard InChI is InChI=1S/C18H16N4O4S/c1-26-14-8-6-13(7-9-14)21(17-16(22(24)25)5-2-10-19-17)18(23)20-12-15-4-3-11-27-15/h2-11H,12H2,1H3,(H,20,23). The van der Waals surface area contributed by atoms with Crippen molar-refractivity contribution in [1.29, 1.82) is 0 Å². The lowest BCUT2D eigenvalue weighted by Crippen LogP contribution is -2.37. The summed E-state index contributed by atoms with van der Waals surface area (Å²) in [7, 11) is 1.53. The molecule has 0 fully saturated rings. The van der Waals surface area contributed by atoms with Crippen LogP contribution in [0.2, 0.25) is 0 Å². The summed E-state index contributed by atoms with van der Waals surface area (Å²) in [6.45, 7) is 0.309. The number of rotatable bonds is 6. The van der Waals surface area contributed by atoms with E-state index in [-0.39, 0.29) is 11.5 Å². The first kappa shape index (κ1) is 18.3. The fourth-order valence-corrected chi connectivity index (χ4v) is 3.07. The summed E-state index contributed by atoms with van der Waals surface area (Å²) in [5, 5.41) is 16.1. The molecule has 27 heavy (non-hydrogen) atoms. The number of pyridine rings is 1. The van der Waals surface area contributed by atoms with E-state index >= 15 is 0 Å². The molecule has 1 aromatic carbocycles. The average Bonchev–Trinajstić information content (AvgIpc) is 3.21. The summed E-state index contributed by atoms with van der Waals surface area (Å²) in [4.78, 5) is 30.0. The highest BCUT2D eigenvalue weighted by molar-refractivity contribution is 7.09. The number of thiophene rings is 1. The first-order chi connectivity index (χ1) is 13.1. The molecule has 2 aromatic heterocycles. The zero-order chi connectivity index (χ0) is 19.2. The maximum absolute atomic E-state index is 12.9. The summed E-state index contributed by atoms with van der Waals surface area (Å²) >= 11 is 1.51. The van der Waals surface area contributed by atoms with E-state index in [1.807, 2.05) is 17.5 Å². The second kappa shape index (κ2) is 8.28. The Kier molecular flexibility index (Phi) is 5.62. The molecule has 0 unspecified atom stereocenters. The van der Waals surface area contributed by atoms with Gasteiger partial charge in [0.05, 0.1) is 24.3 Å². The monoisotopic (exact) mass is 384 g/mol. The van der Waals surface area contributed by atoms with Crippen molar-refractivity contribution in [3.05, 3.63) is 75.1 Å². The lowest BCUT2D eigenvalue weighted by atomic mass is 10.2. The highest BCUT2D eigenvalue weighted by Gasteiger charge is 2.27. The fraction of sp³-hybridized carbons (Fsp3) is 0.111. The number of hydrogen-bond acceptors (Lipinski definition) is 6. The molecule has 0 aliphatic carbocycles. The van der Waals surface area contributed by atoms with E-state index in [1.165, 1.54) is 41.7 Å². The number of methoxy groups -OCH3 is 1. The van der Waals surface area contributed by atoms with Crippen molar-refractivity contribution < 1.29 is 14.5 Å². The molecule has 0 radical (unpaired) electrons. The Balaban J connectivity index is 1.97. The van der Waals surface area contributed by atoms with Gasteiger partial charge in [-0.25, -0.2) is 14.7 Å². The summed E-state index contributed by atoms with van der Waals surface area (Å²) in [5.74, 6) is 0.546. The maximum Gasteiger partial charge on any atom is 0.328 e. The van der Waals surface area contributed by atoms with Crippen molar-refractivity contribution in [2.75, 3.05) is 12.0 Å². The van der Waals surface area contributed by atoms with Crippen LogP contribution in [0.5, 0.6) is 5.75 Å². The summed E-state index contributed by atoms with van der Waals surface area (Å²) in [5.41, 5.74) is 0.167. The van der Waals surface area contributed by atoms with Crippen molar-refractivity contribution in [1.82, 2.24) is 10.3 Å². The van der Waals surface area contributed by atoms with Gasteiger partial charge in [-0.15, -0.1) is 11.3 Å². The van der Waals surface area contributed by atoms with Crippen molar-refractivity contribution in [2.24, 2.45) is 0 Å². The average molecular weight is 384 g/mol. The van der Waals surface area contributed by atoms with Crippen LogP contribution in [0, 0.1) is 10.1 Å². The van der Waals surface area contributed by atoms with Crippen LogP contribution in [0.15, 0.2) is 60.1 Å². The molecule has 0 bridgehead atoms. The third kappa shape index (κ3) is 4.21. The van der Waals surface area contributed by atoms with Crippen LogP contribution in [0.3, 0.4) is 0 Å². The van der Waals surface area contributed by atoms with Gasteiger partial charge in [0.25, 0.3) is 0 Å². The summed E-state index contributed by atoms with van der Waals surface area (Å²) < 4.78 is 5.13. The molecule has 0 aliphatic rings. The Morgan fingerprint density at radius 3 is 2.67 bits per heavy atom. The van der Waals surface area contributed by atoms with Crippen molar-refractivity contribution in [3.8, 4) is 5.75 Å². The van der Waals surface area contributed by atoms with E-state index in [9.17, 15) is 14.9 Å². The number of carbonyl (C=O) groups is 1. The molecule has 8 nitrogen and oxygen atoms in total. The van der Waals surface area contributed by atoms with Crippen molar-refractivity contribution >= 4 is 34.6 Å². The lowest BCUT2D eigenvalue weighted by Gasteiger charge is -2.22. The van der Waals surface area contributed by atoms with Gasteiger partial charge in [0.1, 0.15) is 5.75 Å². The number of nitrogens with one attached hydrogen (secondary N) is 1. The number of carbonyl (C=O) groups excluding carboxylic acids is 1. The minimum atomic E-state index is -0.564. The van der Waals surface area contributed by atoms with E-state index in [2.05, 4.69) is 10.3 Å². The normalized spacial score (nSPS) is 10.3. The molecule has 0 atom stereocenters. The van der Waals surface area contributed by atoms with Gasteiger partial charge in [0.2, 0.25) is 5.82 Å². The number of hydrogen-bond donors (Lipinski definition) is 1. The van der Waals surface area contributed by atoms with Crippen LogP contribution in [0.1, 0.15) is 4.88 Å². The highest BCUT2D eigenvalue weighted by Crippen LogP contribution is 2.32. The smallest absolute Gasteiger partial charge is 0.328 e. The summed E-state index contributed by atoms with van der Waals surface area (Å²) in [6, 6.07) is 12.7. The van der Waals surface area contributed by atoms with Crippen LogP contribution in [-0.4, -0.2) is 23.0 Å². The number of benzene rings is 1. The SMILES string of the molecule is COc1ccc(N(C(=O)NCc2cccs2)c2ncccc2[N+](=O)[O-])cc1. The van der Waals surface area contributed by atoms with E-state index in [1.54, 1.807) is 24.3 Å². The molecular weight excluding hydrogens is 368 g/mol. The van der Waals surface area contributed by atoms with Gasteiger partial charge in [-0.05, 0) is 41.8 Å². The van der Waals surface area contributed by atoms with E-state index in [0.717, 1.165) is 4.88 Å². The van der Waals surface area contributed by atoms with E-state index < -0.39 is 11.0 Å². The van der Waals surface area contributed by atoms with Gasteiger partial charge < -0.3 is 10.1 Å². The molecule has 3 rings (SSSR count).